The van der Waals surface area contributed by atoms with E-state index in [2.05, 4.69) is 20.3 Å². The Morgan fingerprint density at radius 2 is 1.77 bits per heavy atom. The van der Waals surface area contributed by atoms with E-state index >= 15 is 0 Å². The van der Waals surface area contributed by atoms with Crippen LogP contribution in [0.2, 0.25) is 0 Å². The monoisotopic (exact) mass is 422 g/mol. The van der Waals surface area contributed by atoms with E-state index in [0.29, 0.717) is 17.1 Å². The first-order valence-corrected chi connectivity index (χ1v) is 10.2. The molecule has 0 aliphatic carbocycles. The second kappa shape index (κ2) is 9.20. The van der Waals surface area contributed by atoms with Crippen LogP contribution in [0, 0.1) is 18.2 Å². The lowest BCUT2D eigenvalue weighted by molar-refractivity contribution is -0.122. The second-order valence-electron chi connectivity index (χ2n) is 8.63. The first kappa shape index (κ1) is 22.3. The molecule has 2 N–H and O–H groups in total. The highest BCUT2D eigenvalue weighted by molar-refractivity contribution is 5.76. The molecule has 0 saturated carbocycles. The normalized spacial score (nSPS) is 12.4. The quantitative estimate of drug-likeness (QED) is 0.626. The molecular weight excluding hydrogens is 395 g/mol. The van der Waals surface area contributed by atoms with Crippen LogP contribution in [-0.2, 0) is 11.2 Å². The van der Waals surface area contributed by atoms with Crippen molar-refractivity contribution in [3.8, 4) is 11.4 Å². The number of nitrogens with zero attached hydrogens (tertiary/aromatic N) is 2. The van der Waals surface area contributed by atoms with Gasteiger partial charge in [-0.2, -0.15) is 0 Å². The van der Waals surface area contributed by atoms with E-state index in [1.165, 1.54) is 12.1 Å². The highest BCUT2D eigenvalue weighted by atomic mass is 19.1. The third kappa shape index (κ3) is 5.63. The number of benzene rings is 1. The molecule has 2 heterocycles. The minimum atomic E-state index is -0.319. The number of halogens is 1. The molecule has 0 radical (unpaired) electrons. The number of H-pyrrole nitrogens is 1. The number of carbonyl (C=O) groups is 1. The van der Waals surface area contributed by atoms with E-state index in [1.807, 2.05) is 20.8 Å². The molecule has 1 atom stereocenters. The molecule has 1 aromatic carbocycles. The number of aryl methyl sites for hydroxylation is 1. The highest BCUT2D eigenvalue weighted by Gasteiger charge is 2.28. The van der Waals surface area contributed by atoms with Crippen LogP contribution in [0.15, 0.2) is 53.6 Å². The predicted octanol–water partition coefficient (Wildman–Crippen LogP) is 4.12. The number of carbonyl (C=O) groups excluding carboxylic acids is 1. The molecule has 31 heavy (non-hydrogen) atoms. The van der Waals surface area contributed by atoms with Crippen molar-refractivity contribution in [1.29, 1.82) is 0 Å². The molecule has 2 aromatic heterocycles. The fourth-order valence-electron chi connectivity index (χ4n) is 3.48. The van der Waals surface area contributed by atoms with Gasteiger partial charge in [0.1, 0.15) is 11.6 Å². The van der Waals surface area contributed by atoms with Gasteiger partial charge in [-0.25, -0.2) is 9.37 Å². The van der Waals surface area contributed by atoms with Gasteiger partial charge in [-0.1, -0.05) is 32.9 Å². The Kier molecular flexibility index (Phi) is 6.63. The molecular formula is C24H27FN4O2. The Labute approximate surface area is 181 Å². The van der Waals surface area contributed by atoms with Crippen molar-refractivity contribution in [3.63, 3.8) is 0 Å². The van der Waals surface area contributed by atoms with Gasteiger partial charge in [-0.05, 0) is 48.6 Å². The van der Waals surface area contributed by atoms with Gasteiger partial charge in [-0.15, -0.1) is 0 Å². The fourth-order valence-corrected chi connectivity index (χ4v) is 3.48. The number of rotatable bonds is 6. The number of amides is 1. The summed E-state index contributed by atoms with van der Waals surface area (Å²) in [5.74, 6) is -0.0244. The zero-order valence-corrected chi connectivity index (χ0v) is 18.2. The van der Waals surface area contributed by atoms with Crippen LogP contribution in [0.25, 0.3) is 11.4 Å². The molecule has 0 bridgehead atoms. The number of pyridine rings is 1. The summed E-state index contributed by atoms with van der Waals surface area (Å²) in [6.45, 7) is 7.80. The SMILES string of the molecule is Cc1nc(-c2ccncc2)[nH]c(=O)c1CCC(=O)NC(c1ccc(F)cc1)C(C)(C)C. The largest absolute Gasteiger partial charge is 0.349 e. The third-order valence-corrected chi connectivity index (χ3v) is 5.15. The van der Waals surface area contributed by atoms with Gasteiger partial charge in [0.15, 0.2) is 0 Å². The fraction of sp³-hybridized carbons (Fsp3) is 0.333. The maximum absolute atomic E-state index is 13.3. The lowest BCUT2D eigenvalue weighted by atomic mass is 9.82. The molecule has 3 rings (SSSR count). The summed E-state index contributed by atoms with van der Waals surface area (Å²) in [6, 6.07) is 9.40. The summed E-state index contributed by atoms with van der Waals surface area (Å²) < 4.78 is 13.3. The molecule has 3 aromatic rings. The summed E-state index contributed by atoms with van der Waals surface area (Å²) >= 11 is 0. The Balaban J connectivity index is 1.72. The van der Waals surface area contributed by atoms with Crippen molar-refractivity contribution in [2.45, 2.75) is 46.6 Å². The van der Waals surface area contributed by atoms with Gasteiger partial charge in [0.2, 0.25) is 5.91 Å². The van der Waals surface area contributed by atoms with Crippen molar-refractivity contribution in [2.75, 3.05) is 0 Å². The number of aromatic amines is 1. The average Bonchev–Trinajstić information content (AvgIpc) is 2.72. The highest BCUT2D eigenvalue weighted by Crippen LogP contribution is 2.33. The predicted molar refractivity (Wildman–Crippen MR) is 118 cm³/mol. The van der Waals surface area contributed by atoms with Crippen LogP contribution < -0.4 is 10.9 Å². The molecule has 7 heteroatoms. The van der Waals surface area contributed by atoms with E-state index in [9.17, 15) is 14.0 Å². The van der Waals surface area contributed by atoms with E-state index < -0.39 is 0 Å². The number of aromatic nitrogens is 3. The van der Waals surface area contributed by atoms with Crippen molar-refractivity contribution in [3.05, 3.63) is 81.8 Å². The molecule has 0 aliphatic heterocycles. The van der Waals surface area contributed by atoms with Crippen molar-refractivity contribution in [1.82, 2.24) is 20.3 Å². The van der Waals surface area contributed by atoms with Crippen LogP contribution >= 0.6 is 0 Å². The second-order valence-corrected chi connectivity index (χ2v) is 8.63. The third-order valence-electron chi connectivity index (χ3n) is 5.15. The first-order chi connectivity index (χ1) is 14.6. The Hall–Kier alpha value is -3.35. The van der Waals surface area contributed by atoms with Gasteiger partial charge < -0.3 is 10.3 Å². The Morgan fingerprint density at radius 1 is 1.13 bits per heavy atom. The summed E-state index contributed by atoms with van der Waals surface area (Å²) in [6.07, 6.45) is 3.69. The smallest absolute Gasteiger partial charge is 0.254 e. The Bertz CT molecular complexity index is 1100. The lowest BCUT2D eigenvalue weighted by Crippen LogP contribution is -2.37. The van der Waals surface area contributed by atoms with Crippen LogP contribution in [0.4, 0.5) is 4.39 Å². The summed E-state index contributed by atoms with van der Waals surface area (Å²) in [5.41, 5.74) is 2.16. The van der Waals surface area contributed by atoms with Gasteiger partial charge in [0.25, 0.3) is 5.56 Å². The minimum Gasteiger partial charge on any atom is -0.349 e. The molecule has 0 spiro atoms. The standard InChI is InChI=1S/C24H27FN4O2/c1-15-19(23(31)29-22(27-15)17-11-13-26-14-12-17)9-10-20(30)28-21(24(2,3)4)16-5-7-18(25)8-6-16/h5-8,11-14,21H,9-10H2,1-4H3,(H,28,30)(H,27,29,31). The molecule has 0 saturated heterocycles. The van der Waals surface area contributed by atoms with Crippen LogP contribution in [0.3, 0.4) is 0 Å². The number of nitrogens with one attached hydrogen (secondary N) is 2. The van der Waals surface area contributed by atoms with Crippen LogP contribution in [-0.4, -0.2) is 20.9 Å². The van der Waals surface area contributed by atoms with Crippen LogP contribution in [0.1, 0.15) is 50.1 Å². The van der Waals surface area contributed by atoms with Crippen molar-refractivity contribution < 1.29 is 9.18 Å². The van der Waals surface area contributed by atoms with E-state index in [-0.39, 0.29) is 41.6 Å². The average molecular weight is 423 g/mol. The summed E-state index contributed by atoms with van der Waals surface area (Å²) in [7, 11) is 0. The van der Waals surface area contributed by atoms with Gasteiger partial charge in [0.05, 0.1) is 6.04 Å². The Morgan fingerprint density at radius 3 is 2.35 bits per heavy atom. The van der Waals surface area contributed by atoms with Crippen molar-refractivity contribution in [2.24, 2.45) is 5.41 Å². The molecule has 1 unspecified atom stereocenters. The number of hydrogen-bond donors (Lipinski definition) is 2. The van der Waals surface area contributed by atoms with Gasteiger partial charge >= 0.3 is 0 Å². The van der Waals surface area contributed by atoms with Gasteiger partial charge in [0, 0.05) is 35.6 Å². The zero-order valence-electron chi connectivity index (χ0n) is 18.2. The van der Waals surface area contributed by atoms with Crippen LogP contribution in [0.5, 0.6) is 0 Å². The molecule has 0 fully saturated rings. The molecule has 0 aliphatic rings. The van der Waals surface area contributed by atoms with E-state index in [0.717, 1.165) is 11.1 Å². The number of hydrogen-bond acceptors (Lipinski definition) is 4. The zero-order chi connectivity index (χ0) is 22.6. The maximum Gasteiger partial charge on any atom is 0.254 e. The van der Waals surface area contributed by atoms with E-state index in [1.54, 1.807) is 43.6 Å². The first-order valence-electron chi connectivity index (χ1n) is 10.2. The topological polar surface area (TPSA) is 87.7 Å². The van der Waals surface area contributed by atoms with E-state index in [4.69, 9.17) is 0 Å². The maximum atomic E-state index is 13.3. The summed E-state index contributed by atoms with van der Waals surface area (Å²) in [5, 5.41) is 3.04. The summed E-state index contributed by atoms with van der Waals surface area (Å²) in [4.78, 5) is 36.5. The molecule has 162 valence electrons. The lowest BCUT2D eigenvalue weighted by Gasteiger charge is -2.32. The minimum absolute atomic E-state index is 0.147. The van der Waals surface area contributed by atoms with Crippen molar-refractivity contribution >= 4 is 5.91 Å². The van der Waals surface area contributed by atoms with Gasteiger partial charge in [-0.3, -0.25) is 14.6 Å². The molecule has 6 nitrogen and oxygen atoms in total. The molecule has 1 amide bonds.